The highest BCUT2D eigenvalue weighted by Crippen LogP contribution is 2.36. The molecule has 0 bridgehead atoms. The average Bonchev–Trinajstić information content (AvgIpc) is 3.11. The number of hydrogen-bond acceptors (Lipinski definition) is 6. The molecule has 0 radical (unpaired) electrons. The van der Waals surface area contributed by atoms with Crippen LogP contribution in [0.25, 0.3) is 0 Å². The molecule has 12 heteroatoms. The normalized spacial score (nSPS) is 13.1. The number of anilines is 1. The molecule has 0 amide bonds. The minimum Gasteiger partial charge on any atom is -0.366 e. The minimum atomic E-state index is -5.73. The molecule has 30 heavy (non-hydrogen) atoms. The van der Waals surface area contributed by atoms with Crippen LogP contribution in [0.15, 0.2) is 65.8 Å². The van der Waals surface area contributed by atoms with Gasteiger partial charge in [-0.2, -0.15) is 13.2 Å². The lowest BCUT2D eigenvalue weighted by Crippen LogP contribution is -2.23. The smallest absolute Gasteiger partial charge is 0.366 e. The van der Waals surface area contributed by atoms with Gasteiger partial charge in [0.1, 0.15) is 17.6 Å². The number of aromatic nitrogens is 2. The first-order valence-electron chi connectivity index (χ1n) is 8.41. The number of halogens is 3. The average molecular weight is 440 g/mol. The Bertz CT molecular complexity index is 1180. The molecule has 0 spiro atoms. The summed E-state index contributed by atoms with van der Waals surface area (Å²) in [5.41, 5.74) is -5.85. The van der Waals surface area contributed by atoms with Gasteiger partial charge in [-0.1, -0.05) is 30.3 Å². The van der Waals surface area contributed by atoms with Crippen LogP contribution >= 0.6 is 0 Å². The highest BCUT2D eigenvalue weighted by molar-refractivity contribution is 7.92. The SMILES string of the molecule is Cn1ccnc1[C@H](Nc1ccc(S(=O)(=O)C(F)(F)F)cc1[N+](=O)[O-])c1ccccc1. The van der Waals surface area contributed by atoms with E-state index in [0.29, 0.717) is 23.5 Å². The van der Waals surface area contributed by atoms with Gasteiger partial charge < -0.3 is 9.88 Å². The Morgan fingerprint density at radius 3 is 2.37 bits per heavy atom. The van der Waals surface area contributed by atoms with Gasteiger partial charge in [-0.25, -0.2) is 13.4 Å². The first-order valence-corrected chi connectivity index (χ1v) is 9.89. The second-order valence-electron chi connectivity index (χ2n) is 6.27. The van der Waals surface area contributed by atoms with Gasteiger partial charge in [-0.3, -0.25) is 10.1 Å². The molecule has 0 aliphatic heterocycles. The lowest BCUT2D eigenvalue weighted by atomic mass is 10.1. The summed E-state index contributed by atoms with van der Waals surface area (Å²) >= 11 is 0. The zero-order valence-electron chi connectivity index (χ0n) is 15.4. The van der Waals surface area contributed by atoms with Gasteiger partial charge in [0.15, 0.2) is 0 Å². The van der Waals surface area contributed by atoms with Crippen LogP contribution in [0, 0.1) is 10.1 Å². The van der Waals surface area contributed by atoms with Crippen LogP contribution in [-0.4, -0.2) is 28.4 Å². The maximum absolute atomic E-state index is 12.8. The number of hydrogen-bond donors (Lipinski definition) is 1. The molecule has 0 unspecified atom stereocenters. The summed E-state index contributed by atoms with van der Waals surface area (Å²) in [5.74, 6) is 0.488. The van der Waals surface area contributed by atoms with E-state index in [1.54, 1.807) is 48.1 Å². The highest BCUT2D eigenvalue weighted by Gasteiger charge is 2.47. The van der Waals surface area contributed by atoms with E-state index < -0.39 is 36.9 Å². The van der Waals surface area contributed by atoms with Crippen molar-refractivity contribution in [2.24, 2.45) is 7.05 Å². The molecule has 0 aliphatic rings. The van der Waals surface area contributed by atoms with Crippen LogP contribution < -0.4 is 5.32 Å². The zero-order valence-corrected chi connectivity index (χ0v) is 16.2. The Balaban J connectivity index is 2.10. The van der Waals surface area contributed by atoms with Crippen molar-refractivity contribution < 1.29 is 26.5 Å². The molecule has 0 saturated carbocycles. The zero-order chi connectivity index (χ0) is 22.1. The van der Waals surface area contributed by atoms with Crippen molar-refractivity contribution in [3.05, 3.63) is 82.4 Å². The Kier molecular flexibility index (Phi) is 5.53. The number of sulfone groups is 1. The number of rotatable bonds is 6. The Morgan fingerprint density at radius 1 is 1.17 bits per heavy atom. The molecule has 3 aromatic rings. The highest BCUT2D eigenvalue weighted by atomic mass is 32.2. The predicted octanol–water partition coefficient (Wildman–Crippen LogP) is 3.82. The first-order chi connectivity index (χ1) is 14.0. The Morgan fingerprint density at radius 2 is 1.83 bits per heavy atom. The van der Waals surface area contributed by atoms with E-state index in [9.17, 15) is 31.7 Å². The second kappa shape index (κ2) is 7.78. The maximum atomic E-state index is 12.8. The summed E-state index contributed by atoms with van der Waals surface area (Å²) in [6, 6.07) is 10.1. The van der Waals surface area contributed by atoms with Crippen molar-refractivity contribution in [3.63, 3.8) is 0 Å². The van der Waals surface area contributed by atoms with Gasteiger partial charge in [0.2, 0.25) is 0 Å². The Hall–Kier alpha value is -3.41. The van der Waals surface area contributed by atoms with Crippen LogP contribution in [0.3, 0.4) is 0 Å². The summed E-state index contributed by atoms with van der Waals surface area (Å²) in [7, 11) is -4.01. The third-order valence-electron chi connectivity index (χ3n) is 4.33. The summed E-state index contributed by atoms with van der Waals surface area (Å²) in [6.45, 7) is 0. The van der Waals surface area contributed by atoms with Gasteiger partial charge in [0, 0.05) is 25.5 Å². The molecular formula is C18H15F3N4O4S. The van der Waals surface area contributed by atoms with E-state index >= 15 is 0 Å². The second-order valence-corrected chi connectivity index (χ2v) is 8.21. The summed E-state index contributed by atoms with van der Waals surface area (Å²) in [5, 5.41) is 14.4. The quantitative estimate of drug-likeness (QED) is 0.461. The lowest BCUT2D eigenvalue weighted by molar-refractivity contribution is -0.384. The number of nitrogens with zero attached hydrogens (tertiary/aromatic N) is 3. The molecule has 1 aromatic heterocycles. The van der Waals surface area contributed by atoms with E-state index in [2.05, 4.69) is 10.3 Å². The van der Waals surface area contributed by atoms with Crippen molar-refractivity contribution in [2.75, 3.05) is 5.32 Å². The molecule has 0 saturated heterocycles. The van der Waals surface area contributed by atoms with Gasteiger partial charge in [-0.15, -0.1) is 0 Å². The summed E-state index contributed by atoms with van der Waals surface area (Å²) in [6.07, 6.45) is 3.20. The van der Waals surface area contributed by atoms with E-state index in [-0.39, 0.29) is 5.69 Å². The fourth-order valence-corrected chi connectivity index (χ4v) is 3.62. The largest absolute Gasteiger partial charge is 0.501 e. The molecule has 1 atom stereocenters. The van der Waals surface area contributed by atoms with Crippen molar-refractivity contribution in [1.82, 2.24) is 9.55 Å². The monoisotopic (exact) mass is 440 g/mol. The molecule has 0 aliphatic carbocycles. The predicted molar refractivity (Wildman–Crippen MR) is 101 cm³/mol. The van der Waals surface area contributed by atoms with E-state index in [4.69, 9.17) is 0 Å². The molecule has 8 nitrogen and oxygen atoms in total. The number of nitrogens with one attached hydrogen (secondary N) is 1. The number of nitro benzene ring substituents is 1. The molecule has 158 valence electrons. The molecule has 1 N–H and O–H groups in total. The summed E-state index contributed by atoms with van der Waals surface area (Å²) in [4.78, 5) is 13.6. The van der Waals surface area contributed by atoms with Crippen molar-refractivity contribution in [2.45, 2.75) is 16.4 Å². The van der Waals surface area contributed by atoms with E-state index in [1.165, 1.54) is 6.20 Å². The molecule has 0 fully saturated rings. The van der Waals surface area contributed by atoms with Crippen LogP contribution in [0.4, 0.5) is 24.5 Å². The standard InChI is InChI=1S/C18H15F3N4O4S/c1-24-10-9-22-17(24)16(12-5-3-2-4-6-12)23-14-8-7-13(11-15(14)25(26)27)30(28,29)18(19,20)21/h2-11,16,23H,1H3/t16-/m1/s1. The fraction of sp³-hybridized carbons (Fsp3) is 0.167. The lowest BCUT2D eigenvalue weighted by Gasteiger charge is -2.20. The van der Waals surface area contributed by atoms with Gasteiger partial charge in [0.05, 0.1) is 9.82 Å². The van der Waals surface area contributed by atoms with Crippen LogP contribution in [0.2, 0.25) is 0 Å². The van der Waals surface area contributed by atoms with Crippen molar-refractivity contribution in [1.29, 1.82) is 0 Å². The van der Waals surface area contributed by atoms with Crippen LogP contribution in [-0.2, 0) is 16.9 Å². The maximum Gasteiger partial charge on any atom is 0.501 e. The first kappa shape index (κ1) is 21.3. The van der Waals surface area contributed by atoms with Crippen molar-refractivity contribution >= 4 is 21.2 Å². The minimum absolute atomic E-state index is 0.155. The number of nitro groups is 1. The molecule has 2 aromatic carbocycles. The van der Waals surface area contributed by atoms with Crippen LogP contribution in [0.5, 0.6) is 0 Å². The number of alkyl halides is 3. The number of imidazole rings is 1. The molecule has 3 rings (SSSR count). The van der Waals surface area contributed by atoms with Gasteiger partial charge in [0.25, 0.3) is 15.5 Å². The van der Waals surface area contributed by atoms with E-state index in [0.717, 1.165) is 6.07 Å². The van der Waals surface area contributed by atoms with E-state index in [1.807, 2.05) is 0 Å². The third-order valence-corrected chi connectivity index (χ3v) is 5.81. The fourth-order valence-electron chi connectivity index (χ4n) is 2.84. The number of benzene rings is 2. The summed E-state index contributed by atoms with van der Waals surface area (Å²) < 4.78 is 63.4. The number of aryl methyl sites for hydroxylation is 1. The van der Waals surface area contributed by atoms with Gasteiger partial charge >= 0.3 is 5.51 Å². The van der Waals surface area contributed by atoms with Gasteiger partial charge in [-0.05, 0) is 17.7 Å². The van der Waals surface area contributed by atoms with Crippen molar-refractivity contribution in [3.8, 4) is 0 Å². The molecular weight excluding hydrogens is 425 g/mol. The third kappa shape index (κ3) is 3.99. The Labute approximate surface area is 169 Å². The topological polar surface area (TPSA) is 107 Å². The molecule has 1 heterocycles. The van der Waals surface area contributed by atoms with Crippen LogP contribution in [0.1, 0.15) is 17.4 Å².